The molecule has 0 unspecified atom stereocenters. The molecule has 1 aliphatic rings. The Balaban J connectivity index is 2.30. The Morgan fingerprint density at radius 3 is 2.53 bits per heavy atom. The Hall–Kier alpha value is -1.95. The number of carbonyl (C=O) groups excluding carboxylic acids is 2. The molecule has 0 saturated carbocycles. The third-order valence-electron chi connectivity index (χ3n) is 3.06. The number of rotatable bonds is 3. The molecule has 0 radical (unpaired) electrons. The molecule has 2 rings (SSSR count). The Kier molecular flexibility index (Phi) is 3.28. The highest BCUT2D eigenvalue weighted by Gasteiger charge is 2.44. The Morgan fingerprint density at radius 1 is 1.37 bits per heavy atom. The van der Waals surface area contributed by atoms with Crippen LogP contribution in [0.25, 0.3) is 0 Å². The van der Waals surface area contributed by atoms with Gasteiger partial charge in [-0.1, -0.05) is 36.5 Å². The van der Waals surface area contributed by atoms with Gasteiger partial charge >= 0.3 is 6.03 Å². The maximum atomic E-state index is 12.1. The fourth-order valence-electron chi connectivity index (χ4n) is 2.03. The van der Waals surface area contributed by atoms with Crippen molar-refractivity contribution < 1.29 is 9.59 Å². The third-order valence-corrected chi connectivity index (χ3v) is 3.28. The molecule has 1 aromatic carbocycles. The van der Waals surface area contributed by atoms with Gasteiger partial charge in [-0.2, -0.15) is 0 Å². The quantitative estimate of drug-likeness (QED) is 0.642. The number of urea groups is 1. The van der Waals surface area contributed by atoms with Crippen molar-refractivity contribution in [1.82, 2.24) is 10.2 Å². The third kappa shape index (κ3) is 2.44. The summed E-state index contributed by atoms with van der Waals surface area (Å²) in [6, 6.07) is 6.82. The molecule has 5 nitrogen and oxygen atoms in total. The molecule has 0 aliphatic carbocycles. The number of nitrogens with zero attached hydrogens (tertiary/aromatic N) is 1. The summed E-state index contributed by atoms with van der Waals surface area (Å²) >= 11 is 4.97. The zero-order chi connectivity index (χ0) is 14.2. The van der Waals surface area contributed by atoms with Crippen molar-refractivity contribution in [2.24, 2.45) is 5.73 Å². The number of nitrogens with two attached hydrogens (primary N) is 1. The van der Waals surface area contributed by atoms with E-state index in [9.17, 15) is 9.59 Å². The van der Waals surface area contributed by atoms with Crippen molar-refractivity contribution in [2.45, 2.75) is 25.9 Å². The van der Waals surface area contributed by atoms with Gasteiger partial charge in [-0.15, -0.1) is 0 Å². The minimum Gasteiger partial charge on any atom is -0.389 e. The molecule has 1 saturated heterocycles. The maximum Gasteiger partial charge on any atom is 0.325 e. The first-order valence-electron chi connectivity index (χ1n) is 5.85. The maximum absolute atomic E-state index is 12.1. The Bertz CT molecular complexity index is 569. The van der Waals surface area contributed by atoms with Crippen LogP contribution in [0.2, 0.25) is 0 Å². The molecule has 19 heavy (non-hydrogen) atoms. The minimum absolute atomic E-state index is 0.168. The average molecular weight is 277 g/mol. The molecule has 3 N–H and O–H groups in total. The van der Waals surface area contributed by atoms with Crippen molar-refractivity contribution >= 4 is 29.1 Å². The highest BCUT2D eigenvalue weighted by molar-refractivity contribution is 7.80. The lowest BCUT2D eigenvalue weighted by Gasteiger charge is -2.17. The van der Waals surface area contributed by atoms with Crippen molar-refractivity contribution in [3.8, 4) is 0 Å². The summed E-state index contributed by atoms with van der Waals surface area (Å²) in [6.07, 6.45) is 0. The number of hydrogen-bond acceptors (Lipinski definition) is 3. The van der Waals surface area contributed by atoms with E-state index >= 15 is 0 Å². The van der Waals surface area contributed by atoms with Crippen molar-refractivity contribution in [1.29, 1.82) is 0 Å². The summed E-state index contributed by atoms with van der Waals surface area (Å²) in [7, 11) is 0. The first kappa shape index (κ1) is 13.5. The fraction of sp³-hybridized carbons (Fsp3) is 0.308. The Labute approximate surface area is 116 Å². The van der Waals surface area contributed by atoms with Crippen LogP contribution in [-0.4, -0.2) is 27.4 Å². The predicted molar refractivity (Wildman–Crippen MR) is 75.5 cm³/mol. The van der Waals surface area contributed by atoms with E-state index in [0.717, 1.165) is 5.56 Å². The zero-order valence-corrected chi connectivity index (χ0v) is 11.6. The molecule has 1 aliphatic heterocycles. The number of carbonyl (C=O) groups is 2. The van der Waals surface area contributed by atoms with E-state index in [-0.39, 0.29) is 17.4 Å². The largest absolute Gasteiger partial charge is 0.389 e. The number of nitrogens with one attached hydrogen (secondary N) is 1. The molecule has 3 amide bonds. The molecule has 100 valence electrons. The van der Waals surface area contributed by atoms with Gasteiger partial charge in [-0.3, -0.25) is 9.69 Å². The molecule has 1 fully saturated rings. The van der Waals surface area contributed by atoms with E-state index < -0.39 is 11.6 Å². The van der Waals surface area contributed by atoms with Crippen LogP contribution in [0.1, 0.15) is 25.0 Å². The lowest BCUT2D eigenvalue weighted by molar-refractivity contribution is -0.130. The number of benzene rings is 1. The lowest BCUT2D eigenvalue weighted by atomic mass is 10.0. The van der Waals surface area contributed by atoms with Crippen molar-refractivity contribution in [3.05, 3.63) is 35.4 Å². The van der Waals surface area contributed by atoms with E-state index in [0.29, 0.717) is 5.56 Å². The van der Waals surface area contributed by atoms with Gasteiger partial charge in [-0.05, 0) is 19.4 Å². The molecular formula is C13H15N3O2S. The molecular weight excluding hydrogens is 262 g/mol. The van der Waals surface area contributed by atoms with Gasteiger partial charge in [-0.25, -0.2) is 4.79 Å². The van der Waals surface area contributed by atoms with Gasteiger partial charge in [0.1, 0.15) is 10.5 Å². The van der Waals surface area contributed by atoms with E-state index in [4.69, 9.17) is 18.0 Å². The average Bonchev–Trinajstić information content (AvgIpc) is 2.52. The predicted octanol–water partition coefficient (Wildman–Crippen LogP) is 1.15. The number of imide groups is 1. The second-order valence-corrected chi connectivity index (χ2v) is 5.41. The zero-order valence-electron chi connectivity index (χ0n) is 10.8. The molecule has 0 bridgehead atoms. The van der Waals surface area contributed by atoms with E-state index in [1.54, 1.807) is 26.0 Å². The van der Waals surface area contributed by atoms with E-state index in [1.807, 2.05) is 12.1 Å². The van der Waals surface area contributed by atoms with Crippen LogP contribution >= 0.6 is 12.2 Å². The monoisotopic (exact) mass is 277 g/mol. The topological polar surface area (TPSA) is 75.4 Å². The van der Waals surface area contributed by atoms with Gasteiger partial charge in [0.25, 0.3) is 5.91 Å². The molecule has 1 heterocycles. The number of thiocarbonyl (C=S) groups is 1. The van der Waals surface area contributed by atoms with Crippen LogP contribution in [-0.2, 0) is 11.3 Å². The van der Waals surface area contributed by atoms with Crippen LogP contribution in [0.4, 0.5) is 4.79 Å². The van der Waals surface area contributed by atoms with Crippen LogP contribution in [0.5, 0.6) is 0 Å². The van der Waals surface area contributed by atoms with Gasteiger partial charge < -0.3 is 11.1 Å². The minimum atomic E-state index is -0.866. The smallest absolute Gasteiger partial charge is 0.325 e. The standard InChI is InChI=1S/C13H15N3O2S/c1-13(2)11(17)16(12(18)15-13)7-8-5-3-4-6-9(8)10(14)19/h3-6H,7H2,1-2H3,(H2,14,19)(H,15,18). The van der Waals surface area contributed by atoms with Crippen LogP contribution in [0.3, 0.4) is 0 Å². The van der Waals surface area contributed by atoms with Crippen molar-refractivity contribution in [3.63, 3.8) is 0 Å². The second kappa shape index (κ2) is 4.62. The van der Waals surface area contributed by atoms with Gasteiger partial charge in [0.05, 0.1) is 6.54 Å². The second-order valence-electron chi connectivity index (χ2n) is 4.97. The molecule has 0 atom stereocenters. The Morgan fingerprint density at radius 2 is 2.00 bits per heavy atom. The summed E-state index contributed by atoms with van der Waals surface area (Å²) in [4.78, 5) is 25.3. The lowest BCUT2D eigenvalue weighted by Crippen LogP contribution is -2.40. The first-order valence-corrected chi connectivity index (χ1v) is 6.25. The van der Waals surface area contributed by atoms with E-state index in [2.05, 4.69) is 5.32 Å². The first-order chi connectivity index (χ1) is 8.83. The summed E-state index contributed by atoms with van der Waals surface area (Å²) in [5.74, 6) is -0.254. The highest BCUT2D eigenvalue weighted by Crippen LogP contribution is 2.20. The van der Waals surface area contributed by atoms with Gasteiger partial charge in [0, 0.05) is 5.56 Å². The highest BCUT2D eigenvalue weighted by atomic mass is 32.1. The fourth-order valence-corrected chi connectivity index (χ4v) is 2.23. The van der Waals surface area contributed by atoms with Gasteiger partial charge in [0.2, 0.25) is 0 Å². The van der Waals surface area contributed by atoms with Crippen molar-refractivity contribution in [2.75, 3.05) is 0 Å². The van der Waals surface area contributed by atoms with E-state index in [1.165, 1.54) is 4.90 Å². The molecule has 0 spiro atoms. The summed E-state index contributed by atoms with van der Waals surface area (Å²) in [5.41, 5.74) is 6.22. The summed E-state index contributed by atoms with van der Waals surface area (Å²) < 4.78 is 0. The van der Waals surface area contributed by atoms with Crippen LogP contribution in [0, 0.1) is 0 Å². The summed E-state index contributed by atoms with van der Waals surface area (Å²) in [5, 5.41) is 2.64. The summed E-state index contributed by atoms with van der Waals surface area (Å²) in [6.45, 7) is 3.51. The number of hydrogen-bond donors (Lipinski definition) is 2. The molecule has 6 heteroatoms. The van der Waals surface area contributed by atoms with Gasteiger partial charge in [0.15, 0.2) is 0 Å². The molecule has 0 aromatic heterocycles. The molecule has 1 aromatic rings. The van der Waals surface area contributed by atoms with Crippen LogP contribution < -0.4 is 11.1 Å². The van der Waals surface area contributed by atoms with Crippen LogP contribution in [0.15, 0.2) is 24.3 Å². The number of amides is 3. The normalized spacial score (nSPS) is 17.5. The SMILES string of the molecule is CC1(C)NC(=O)N(Cc2ccccc2C(N)=S)C1=O.